The van der Waals surface area contributed by atoms with Crippen LogP contribution in [0.25, 0.3) is 0 Å². The molecule has 0 bridgehead atoms. The number of amides is 1. The highest BCUT2D eigenvalue weighted by Crippen LogP contribution is 2.12. The lowest BCUT2D eigenvalue weighted by Crippen LogP contribution is -2.23. The number of hydrogen-bond donors (Lipinski definition) is 3. The maximum atomic E-state index is 12.2. The summed E-state index contributed by atoms with van der Waals surface area (Å²) in [5.74, 6) is 0.556. The Morgan fingerprint density at radius 1 is 1.16 bits per heavy atom. The Morgan fingerprint density at radius 3 is 2.48 bits per heavy atom. The first-order chi connectivity index (χ1) is 12.0. The van der Waals surface area contributed by atoms with Crippen molar-refractivity contribution in [3.8, 4) is 5.75 Å². The van der Waals surface area contributed by atoms with Crippen LogP contribution in [0.1, 0.15) is 21.5 Å². The first kappa shape index (κ1) is 18.5. The normalized spacial score (nSPS) is 10.5. The minimum absolute atomic E-state index is 0.0560. The Kier molecular flexibility index (Phi) is 6.54. The summed E-state index contributed by atoms with van der Waals surface area (Å²) in [4.78, 5) is 14.3. The van der Waals surface area contributed by atoms with Crippen LogP contribution in [0.2, 0.25) is 0 Å². The molecule has 0 aliphatic heterocycles. The third-order valence-electron chi connectivity index (χ3n) is 3.62. The van der Waals surface area contributed by atoms with Gasteiger partial charge in [0.2, 0.25) is 0 Å². The van der Waals surface area contributed by atoms with Gasteiger partial charge in [0.25, 0.3) is 5.91 Å². The van der Waals surface area contributed by atoms with E-state index in [1.165, 1.54) is 0 Å². The lowest BCUT2D eigenvalue weighted by Gasteiger charge is -2.11. The summed E-state index contributed by atoms with van der Waals surface area (Å²) < 4.78 is 5.64. The van der Waals surface area contributed by atoms with Crippen molar-refractivity contribution in [2.45, 2.75) is 6.54 Å². The molecule has 2 aromatic rings. The van der Waals surface area contributed by atoms with Crippen LogP contribution < -0.4 is 15.8 Å². The molecule has 0 atom stereocenters. The zero-order chi connectivity index (χ0) is 18.2. The second-order valence-electron chi connectivity index (χ2n) is 5.97. The number of ether oxygens (including phenoxy) is 1. The highest BCUT2D eigenvalue weighted by Gasteiger charge is 2.07. The maximum absolute atomic E-state index is 12.2. The van der Waals surface area contributed by atoms with Gasteiger partial charge in [-0.3, -0.25) is 10.2 Å². The number of nitrogens with zero attached hydrogens (tertiary/aromatic N) is 1. The molecule has 25 heavy (non-hydrogen) atoms. The summed E-state index contributed by atoms with van der Waals surface area (Å²) in [5, 5.41) is 10.3. The summed E-state index contributed by atoms with van der Waals surface area (Å²) in [6.45, 7) is 1.91. The molecule has 4 N–H and O–H groups in total. The molecule has 6 heteroatoms. The van der Waals surface area contributed by atoms with Crippen LogP contribution >= 0.6 is 0 Å². The minimum atomic E-state index is -0.200. The Bertz CT molecular complexity index is 726. The third-order valence-corrected chi connectivity index (χ3v) is 3.62. The number of carbonyl (C=O) groups excluding carboxylic acids is 1. The molecule has 2 aromatic carbocycles. The summed E-state index contributed by atoms with van der Waals surface area (Å²) in [5.41, 5.74) is 7.45. The average molecular weight is 340 g/mol. The fourth-order valence-electron chi connectivity index (χ4n) is 2.16. The van der Waals surface area contributed by atoms with Crippen molar-refractivity contribution in [2.75, 3.05) is 27.2 Å². The van der Waals surface area contributed by atoms with Gasteiger partial charge < -0.3 is 20.7 Å². The molecule has 132 valence electrons. The minimum Gasteiger partial charge on any atom is -0.492 e. The van der Waals surface area contributed by atoms with Crippen LogP contribution in [0, 0.1) is 5.41 Å². The quantitative estimate of drug-likeness (QED) is 0.505. The molecule has 0 saturated carbocycles. The number of nitrogens with two attached hydrogens (primary N) is 1. The second kappa shape index (κ2) is 8.84. The first-order valence-corrected chi connectivity index (χ1v) is 8.05. The van der Waals surface area contributed by atoms with Gasteiger partial charge in [-0.25, -0.2) is 0 Å². The molecule has 0 heterocycles. The summed E-state index contributed by atoms with van der Waals surface area (Å²) in [6, 6.07) is 14.4. The van der Waals surface area contributed by atoms with E-state index in [0.29, 0.717) is 24.3 Å². The number of nitrogen functional groups attached to an aromatic ring is 1. The van der Waals surface area contributed by atoms with Gasteiger partial charge in [0.1, 0.15) is 18.2 Å². The van der Waals surface area contributed by atoms with Gasteiger partial charge in [-0.05, 0) is 43.9 Å². The Morgan fingerprint density at radius 2 is 1.84 bits per heavy atom. The molecule has 6 nitrogen and oxygen atoms in total. The number of hydrogen-bond acceptors (Lipinski definition) is 4. The molecule has 2 rings (SSSR count). The van der Waals surface area contributed by atoms with Crippen LogP contribution in [0.3, 0.4) is 0 Å². The topological polar surface area (TPSA) is 91.4 Å². The Hall–Kier alpha value is -2.86. The van der Waals surface area contributed by atoms with Gasteiger partial charge in [-0.1, -0.05) is 24.3 Å². The standard InChI is InChI=1S/C19H24N4O2/c1-23(2)10-11-25-17-8-6-14(7-9-17)13-22-19(24)16-5-3-4-15(12-16)18(20)21/h3-9,12H,10-11,13H2,1-2H3,(H3,20,21)(H,22,24). The molecule has 0 unspecified atom stereocenters. The zero-order valence-corrected chi connectivity index (χ0v) is 14.6. The van der Waals surface area contributed by atoms with E-state index < -0.39 is 0 Å². The molecule has 1 amide bonds. The van der Waals surface area contributed by atoms with Crippen LogP contribution in [-0.2, 0) is 6.54 Å². The molecule has 0 fully saturated rings. The highest BCUT2D eigenvalue weighted by molar-refractivity contribution is 5.99. The molecule has 0 aliphatic rings. The number of nitrogens with one attached hydrogen (secondary N) is 2. The largest absolute Gasteiger partial charge is 0.492 e. The maximum Gasteiger partial charge on any atom is 0.251 e. The van der Waals surface area contributed by atoms with Crippen molar-refractivity contribution in [1.82, 2.24) is 10.2 Å². The number of benzene rings is 2. The molecular weight excluding hydrogens is 316 g/mol. The van der Waals surface area contributed by atoms with E-state index in [9.17, 15) is 4.79 Å². The fraction of sp³-hybridized carbons (Fsp3) is 0.263. The third kappa shape index (κ3) is 5.93. The molecule has 0 saturated heterocycles. The van der Waals surface area contributed by atoms with Crippen molar-refractivity contribution in [3.63, 3.8) is 0 Å². The van der Waals surface area contributed by atoms with E-state index >= 15 is 0 Å². The van der Waals surface area contributed by atoms with Crippen LogP contribution in [-0.4, -0.2) is 43.9 Å². The fourth-order valence-corrected chi connectivity index (χ4v) is 2.16. The summed E-state index contributed by atoms with van der Waals surface area (Å²) in [6.07, 6.45) is 0. The molecule has 0 radical (unpaired) electrons. The van der Waals surface area contributed by atoms with Crippen LogP contribution in [0.15, 0.2) is 48.5 Å². The first-order valence-electron chi connectivity index (χ1n) is 8.05. The molecule has 0 spiro atoms. The van der Waals surface area contributed by atoms with E-state index in [2.05, 4.69) is 10.2 Å². The van der Waals surface area contributed by atoms with Crippen molar-refractivity contribution in [2.24, 2.45) is 5.73 Å². The monoisotopic (exact) mass is 340 g/mol. The van der Waals surface area contributed by atoms with Crippen molar-refractivity contribution in [3.05, 3.63) is 65.2 Å². The highest BCUT2D eigenvalue weighted by atomic mass is 16.5. The van der Waals surface area contributed by atoms with Crippen LogP contribution in [0.4, 0.5) is 0 Å². The zero-order valence-electron chi connectivity index (χ0n) is 14.6. The number of rotatable bonds is 8. The Balaban J connectivity index is 1.87. The van der Waals surface area contributed by atoms with Gasteiger partial charge >= 0.3 is 0 Å². The SMILES string of the molecule is CN(C)CCOc1ccc(CNC(=O)c2cccc(C(=N)N)c2)cc1. The van der Waals surface area contributed by atoms with E-state index in [1.54, 1.807) is 24.3 Å². The van der Waals surface area contributed by atoms with Gasteiger partial charge in [0.15, 0.2) is 0 Å². The predicted octanol–water partition coefficient (Wildman–Crippen LogP) is 1.84. The summed E-state index contributed by atoms with van der Waals surface area (Å²) >= 11 is 0. The number of likely N-dealkylation sites (N-methyl/N-ethyl adjacent to an activating group) is 1. The van der Waals surface area contributed by atoms with Crippen molar-refractivity contribution >= 4 is 11.7 Å². The van der Waals surface area contributed by atoms with Crippen molar-refractivity contribution in [1.29, 1.82) is 5.41 Å². The summed E-state index contributed by atoms with van der Waals surface area (Å²) in [7, 11) is 4.00. The van der Waals surface area contributed by atoms with E-state index in [-0.39, 0.29) is 11.7 Å². The van der Waals surface area contributed by atoms with E-state index in [1.807, 2.05) is 38.4 Å². The molecule has 0 aromatic heterocycles. The van der Waals surface area contributed by atoms with Crippen molar-refractivity contribution < 1.29 is 9.53 Å². The van der Waals surface area contributed by atoms with Crippen LogP contribution in [0.5, 0.6) is 5.75 Å². The Labute approximate surface area is 148 Å². The predicted molar refractivity (Wildman–Crippen MR) is 99.1 cm³/mol. The average Bonchev–Trinajstić information content (AvgIpc) is 2.60. The molecular formula is C19H24N4O2. The van der Waals surface area contributed by atoms with Gasteiger partial charge in [0.05, 0.1) is 0 Å². The van der Waals surface area contributed by atoms with Gasteiger partial charge in [-0.15, -0.1) is 0 Å². The lowest BCUT2D eigenvalue weighted by molar-refractivity contribution is 0.0951. The van der Waals surface area contributed by atoms with E-state index in [4.69, 9.17) is 15.9 Å². The van der Waals surface area contributed by atoms with E-state index in [0.717, 1.165) is 17.9 Å². The molecule has 0 aliphatic carbocycles. The number of amidine groups is 1. The van der Waals surface area contributed by atoms with Gasteiger partial charge in [0, 0.05) is 24.2 Å². The second-order valence-corrected chi connectivity index (χ2v) is 5.97. The number of carbonyl (C=O) groups is 1. The smallest absolute Gasteiger partial charge is 0.251 e. The van der Waals surface area contributed by atoms with Gasteiger partial charge in [-0.2, -0.15) is 0 Å². The lowest BCUT2D eigenvalue weighted by atomic mass is 10.1.